The molecule has 3 aromatic carbocycles. The van der Waals surface area contributed by atoms with Gasteiger partial charge in [0.05, 0.1) is 12.8 Å². The zero-order valence-electron chi connectivity index (χ0n) is 15.6. The number of amides is 1. The van der Waals surface area contributed by atoms with Crippen LogP contribution < -0.4 is 10.1 Å². The number of hydrogen-bond acceptors (Lipinski definition) is 6. The van der Waals surface area contributed by atoms with Crippen LogP contribution in [-0.4, -0.2) is 35.3 Å². The molecule has 1 amide bonds. The summed E-state index contributed by atoms with van der Waals surface area (Å²) in [4.78, 5) is 24.9. The Morgan fingerprint density at radius 3 is 2.45 bits per heavy atom. The number of carbonyl (C=O) groups is 2. The second-order valence-electron chi connectivity index (χ2n) is 6.22. The SMILES string of the molecule is COc1ccc(Cl)cc1NC(=O)[C@@H](C)OC(=O)c1cc(O)c2ccccc2c1O. The summed E-state index contributed by atoms with van der Waals surface area (Å²) in [7, 11) is 1.44. The third-order valence-electron chi connectivity index (χ3n) is 4.29. The lowest BCUT2D eigenvalue weighted by atomic mass is 10.0. The quantitative estimate of drug-likeness (QED) is 0.428. The Morgan fingerprint density at radius 1 is 1.07 bits per heavy atom. The molecule has 0 saturated carbocycles. The summed E-state index contributed by atoms with van der Waals surface area (Å²) < 4.78 is 10.3. The van der Waals surface area contributed by atoms with Crippen molar-refractivity contribution in [3.63, 3.8) is 0 Å². The lowest BCUT2D eigenvalue weighted by Gasteiger charge is -2.16. The van der Waals surface area contributed by atoms with Crippen molar-refractivity contribution in [2.24, 2.45) is 0 Å². The van der Waals surface area contributed by atoms with Crippen molar-refractivity contribution in [1.29, 1.82) is 0 Å². The summed E-state index contributed by atoms with van der Waals surface area (Å²) in [6.45, 7) is 1.38. The van der Waals surface area contributed by atoms with Crippen molar-refractivity contribution in [3.05, 3.63) is 59.1 Å². The Hall–Kier alpha value is -3.45. The number of halogens is 1. The van der Waals surface area contributed by atoms with E-state index in [0.29, 0.717) is 27.2 Å². The van der Waals surface area contributed by atoms with Crippen LogP contribution in [0.5, 0.6) is 17.2 Å². The zero-order valence-corrected chi connectivity index (χ0v) is 16.4. The van der Waals surface area contributed by atoms with Crippen LogP contribution in [0.1, 0.15) is 17.3 Å². The maximum absolute atomic E-state index is 12.5. The number of nitrogens with one attached hydrogen (secondary N) is 1. The molecule has 0 aliphatic carbocycles. The third-order valence-corrected chi connectivity index (χ3v) is 4.52. The molecule has 0 saturated heterocycles. The van der Waals surface area contributed by atoms with Gasteiger partial charge in [-0.1, -0.05) is 35.9 Å². The highest BCUT2D eigenvalue weighted by atomic mass is 35.5. The van der Waals surface area contributed by atoms with Crippen molar-refractivity contribution in [2.75, 3.05) is 12.4 Å². The second-order valence-corrected chi connectivity index (χ2v) is 6.66. The summed E-state index contributed by atoms with van der Waals surface area (Å²) in [6, 6.07) is 12.3. The Morgan fingerprint density at radius 2 is 1.76 bits per heavy atom. The van der Waals surface area contributed by atoms with Gasteiger partial charge in [0.2, 0.25) is 0 Å². The van der Waals surface area contributed by atoms with Crippen molar-refractivity contribution >= 4 is 39.9 Å². The highest BCUT2D eigenvalue weighted by Gasteiger charge is 2.24. The first kappa shape index (κ1) is 20.3. The fourth-order valence-electron chi connectivity index (χ4n) is 2.79. The molecule has 0 radical (unpaired) electrons. The minimum absolute atomic E-state index is 0.189. The summed E-state index contributed by atoms with van der Waals surface area (Å²) in [6.07, 6.45) is -1.20. The monoisotopic (exact) mass is 415 g/mol. The predicted molar refractivity (Wildman–Crippen MR) is 109 cm³/mol. The van der Waals surface area contributed by atoms with Gasteiger partial charge in [-0.25, -0.2) is 4.79 Å². The molecule has 0 aliphatic heterocycles. The van der Waals surface area contributed by atoms with E-state index in [9.17, 15) is 19.8 Å². The fraction of sp³-hybridized carbons (Fsp3) is 0.143. The van der Waals surface area contributed by atoms with E-state index in [1.807, 2.05) is 0 Å². The number of benzene rings is 3. The second kappa shape index (κ2) is 8.28. The standard InChI is InChI=1S/C21H18ClNO6/c1-11(20(26)23-16-9-12(22)7-8-18(16)28-2)29-21(27)15-10-17(24)13-5-3-4-6-14(13)19(15)25/h3-11,24-25H,1-2H3,(H,23,26)/t11-/m1/s1. The Labute approximate surface area is 171 Å². The summed E-state index contributed by atoms with van der Waals surface area (Å²) in [5.74, 6) is -1.72. The molecule has 0 heterocycles. The largest absolute Gasteiger partial charge is 0.507 e. The first-order chi connectivity index (χ1) is 13.8. The van der Waals surface area contributed by atoms with E-state index in [0.717, 1.165) is 6.07 Å². The van der Waals surface area contributed by atoms with Crippen LogP contribution in [-0.2, 0) is 9.53 Å². The maximum atomic E-state index is 12.5. The number of esters is 1. The van der Waals surface area contributed by atoms with Gasteiger partial charge in [-0.05, 0) is 31.2 Å². The molecule has 3 N–H and O–H groups in total. The Balaban J connectivity index is 1.79. The van der Waals surface area contributed by atoms with E-state index in [1.165, 1.54) is 20.1 Å². The highest BCUT2D eigenvalue weighted by molar-refractivity contribution is 6.31. The average molecular weight is 416 g/mol. The highest BCUT2D eigenvalue weighted by Crippen LogP contribution is 2.35. The van der Waals surface area contributed by atoms with Gasteiger partial charge in [-0.3, -0.25) is 4.79 Å². The molecular weight excluding hydrogens is 398 g/mol. The number of carbonyl (C=O) groups excluding carboxylic acids is 2. The predicted octanol–water partition coefficient (Wildman–Crippen LogP) is 4.10. The van der Waals surface area contributed by atoms with Crippen LogP contribution in [0.3, 0.4) is 0 Å². The van der Waals surface area contributed by atoms with Crippen molar-refractivity contribution in [2.45, 2.75) is 13.0 Å². The van der Waals surface area contributed by atoms with Gasteiger partial charge in [0.25, 0.3) is 5.91 Å². The molecule has 0 spiro atoms. The van der Waals surface area contributed by atoms with Gasteiger partial charge in [0.1, 0.15) is 22.8 Å². The molecule has 8 heteroatoms. The number of aromatic hydroxyl groups is 2. The van der Waals surface area contributed by atoms with E-state index < -0.39 is 18.0 Å². The Kier molecular flexibility index (Phi) is 5.79. The number of rotatable bonds is 5. The van der Waals surface area contributed by atoms with Crippen LogP contribution in [0.15, 0.2) is 48.5 Å². The van der Waals surface area contributed by atoms with Crippen molar-refractivity contribution in [1.82, 2.24) is 0 Å². The molecule has 7 nitrogen and oxygen atoms in total. The van der Waals surface area contributed by atoms with Gasteiger partial charge < -0.3 is 25.0 Å². The minimum Gasteiger partial charge on any atom is -0.507 e. The normalized spacial score (nSPS) is 11.7. The molecule has 0 fully saturated rings. The molecular formula is C21H18ClNO6. The summed E-state index contributed by atoms with van der Waals surface area (Å²) in [5.41, 5.74) is 0.0697. The topological polar surface area (TPSA) is 105 Å². The first-order valence-electron chi connectivity index (χ1n) is 8.61. The third kappa shape index (κ3) is 4.20. The average Bonchev–Trinajstić information content (AvgIpc) is 2.70. The van der Waals surface area contributed by atoms with Crippen molar-refractivity contribution < 1.29 is 29.3 Å². The lowest BCUT2D eigenvalue weighted by molar-refractivity contribution is -0.123. The van der Waals surface area contributed by atoms with Crippen LogP contribution >= 0.6 is 11.6 Å². The van der Waals surface area contributed by atoms with E-state index in [2.05, 4.69) is 5.32 Å². The van der Waals surface area contributed by atoms with Crippen LogP contribution in [0.2, 0.25) is 5.02 Å². The summed E-state index contributed by atoms with van der Waals surface area (Å²) in [5, 5.41) is 24.2. The molecule has 150 valence electrons. The molecule has 1 atom stereocenters. The number of phenolic OH excluding ortho intramolecular Hbond substituents is 2. The number of anilines is 1. The number of methoxy groups -OCH3 is 1. The summed E-state index contributed by atoms with van der Waals surface area (Å²) >= 11 is 5.94. The van der Waals surface area contributed by atoms with E-state index >= 15 is 0 Å². The van der Waals surface area contributed by atoms with Gasteiger partial charge >= 0.3 is 5.97 Å². The minimum atomic E-state index is -1.20. The van der Waals surface area contributed by atoms with Gasteiger partial charge in [0.15, 0.2) is 6.10 Å². The first-order valence-corrected chi connectivity index (χ1v) is 8.98. The number of phenols is 2. The Bertz CT molecular complexity index is 1100. The number of ether oxygens (including phenoxy) is 2. The van der Waals surface area contributed by atoms with Crippen LogP contribution in [0.4, 0.5) is 5.69 Å². The fourth-order valence-corrected chi connectivity index (χ4v) is 2.96. The number of hydrogen-bond donors (Lipinski definition) is 3. The maximum Gasteiger partial charge on any atom is 0.342 e. The molecule has 3 aromatic rings. The van der Waals surface area contributed by atoms with E-state index in [4.69, 9.17) is 21.1 Å². The molecule has 0 bridgehead atoms. The lowest BCUT2D eigenvalue weighted by Crippen LogP contribution is -2.30. The molecule has 0 unspecified atom stereocenters. The molecule has 0 aliphatic rings. The molecule has 29 heavy (non-hydrogen) atoms. The van der Waals surface area contributed by atoms with E-state index in [-0.39, 0.29) is 17.1 Å². The van der Waals surface area contributed by atoms with Crippen molar-refractivity contribution in [3.8, 4) is 17.2 Å². The zero-order chi connectivity index (χ0) is 21.1. The van der Waals surface area contributed by atoms with Crippen LogP contribution in [0.25, 0.3) is 10.8 Å². The van der Waals surface area contributed by atoms with Gasteiger partial charge in [-0.2, -0.15) is 0 Å². The van der Waals surface area contributed by atoms with Gasteiger partial charge in [-0.15, -0.1) is 0 Å². The van der Waals surface area contributed by atoms with E-state index in [1.54, 1.807) is 36.4 Å². The van der Waals surface area contributed by atoms with Crippen LogP contribution in [0, 0.1) is 0 Å². The molecule has 3 rings (SSSR count). The number of fused-ring (bicyclic) bond motifs is 1. The molecule has 0 aromatic heterocycles. The smallest absolute Gasteiger partial charge is 0.342 e. The van der Waals surface area contributed by atoms with Gasteiger partial charge in [0, 0.05) is 15.8 Å².